The molecule has 1 atom stereocenters. The third-order valence-electron chi connectivity index (χ3n) is 1.79. The van der Waals surface area contributed by atoms with Gasteiger partial charge in [-0.05, 0) is 13.8 Å². The fraction of sp³-hybridized carbons (Fsp3) is 0.900. The number of carbonyl (C=O) groups excluding carboxylic acids is 1. The monoisotopic (exact) mass is 281 g/mol. The van der Waals surface area contributed by atoms with Gasteiger partial charge in [0.15, 0.2) is 0 Å². The minimum Gasteiger partial charge on any atom is -0.383 e. The van der Waals surface area contributed by atoms with Crippen molar-refractivity contribution >= 4 is 21.8 Å². The zero-order valence-electron chi connectivity index (χ0n) is 9.83. The summed E-state index contributed by atoms with van der Waals surface area (Å²) in [5, 5.41) is 0. The molecular formula is C10H20BrNO3. The van der Waals surface area contributed by atoms with Gasteiger partial charge in [0.1, 0.15) is 6.61 Å². The second kappa shape index (κ2) is 8.07. The number of ether oxygens (including phenoxy) is 2. The summed E-state index contributed by atoms with van der Waals surface area (Å²) in [6.07, 6.45) is 0.0843. The van der Waals surface area contributed by atoms with Gasteiger partial charge in [-0.25, -0.2) is 0 Å². The van der Waals surface area contributed by atoms with Crippen molar-refractivity contribution in [3.8, 4) is 0 Å². The summed E-state index contributed by atoms with van der Waals surface area (Å²) in [6, 6.07) is 0. The van der Waals surface area contributed by atoms with Gasteiger partial charge in [0.2, 0.25) is 5.91 Å². The molecule has 5 heteroatoms. The number of hydrogen-bond acceptors (Lipinski definition) is 3. The fourth-order valence-corrected chi connectivity index (χ4v) is 1.68. The minimum atomic E-state index is -0.00995. The lowest BCUT2D eigenvalue weighted by Gasteiger charge is -2.20. The molecule has 15 heavy (non-hydrogen) atoms. The lowest BCUT2D eigenvalue weighted by atomic mass is 10.4. The summed E-state index contributed by atoms with van der Waals surface area (Å²) >= 11 is 3.43. The molecule has 0 fully saturated rings. The Balaban J connectivity index is 3.78. The molecule has 0 aromatic carbocycles. The van der Waals surface area contributed by atoms with Crippen LogP contribution in [0.15, 0.2) is 0 Å². The summed E-state index contributed by atoms with van der Waals surface area (Å²) in [5.41, 5.74) is 0. The molecule has 0 saturated carbocycles. The first-order valence-corrected chi connectivity index (χ1v) is 5.87. The van der Waals surface area contributed by atoms with Crippen LogP contribution in [0.25, 0.3) is 0 Å². The van der Waals surface area contributed by atoms with Gasteiger partial charge in [-0.2, -0.15) is 0 Å². The third-order valence-corrected chi connectivity index (χ3v) is 2.34. The Morgan fingerprint density at radius 2 is 2.07 bits per heavy atom. The van der Waals surface area contributed by atoms with E-state index >= 15 is 0 Å². The molecule has 0 spiro atoms. The average molecular weight is 282 g/mol. The second-order valence-corrected chi connectivity index (χ2v) is 4.98. The van der Waals surface area contributed by atoms with Crippen LogP contribution in [0.2, 0.25) is 0 Å². The van der Waals surface area contributed by atoms with Crippen molar-refractivity contribution in [3.63, 3.8) is 0 Å². The summed E-state index contributed by atoms with van der Waals surface area (Å²) in [4.78, 5) is 13.3. The maximum absolute atomic E-state index is 11.5. The predicted molar refractivity (Wildman–Crippen MR) is 63.3 cm³/mol. The number of methoxy groups -OCH3 is 1. The molecule has 0 aromatic rings. The van der Waals surface area contributed by atoms with Crippen molar-refractivity contribution in [1.82, 2.24) is 4.90 Å². The van der Waals surface area contributed by atoms with Crippen LogP contribution in [0.3, 0.4) is 0 Å². The fourth-order valence-electron chi connectivity index (χ4n) is 0.981. The SMILES string of the molecule is COCC(Br)CN(C)C(=O)COC(C)C. The highest BCUT2D eigenvalue weighted by Gasteiger charge is 2.13. The van der Waals surface area contributed by atoms with Crippen LogP contribution in [0, 0.1) is 0 Å². The number of nitrogens with zero attached hydrogens (tertiary/aromatic N) is 1. The average Bonchev–Trinajstić information content (AvgIpc) is 2.14. The highest BCUT2D eigenvalue weighted by atomic mass is 79.9. The highest BCUT2D eigenvalue weighted by Crippen LogP contribution is 2.02. The molecule has 0 N–H and O–H groups in total. The summed E-state index contributed by atoms with van der Waals surface area (Å²) in [7, 11) is 3.40. The Morgan fingerprint density at radius 1 is 1.47 bits per heavy atom. The molecule has 0 saturated heterocycles. The van der Waals surface area contributed by atoms with Crippen molar-refractivity contribution in [2.24, 2.45) is 0 Å². The molecule has 0 rings (SSSR count). The van der Waals surface area contributed by atoms with Gasteiger partial charge in [-0.3, -0.25) is 4.79 Å². The van der Waals surface area contributed by atoms with Crippen LogP contribution in [-0.2, 0) is 14.3 Å². The van der Waals surface area contributed by atoms with E-state index in [1.165, 1.54) is 0 Å². The van der Waals surface area contributed by atoms with E-state index in [4.69, 9.17) is 9.47 Å². The van der Waals surface area contributed by atoms with Crippen molar-refractivity contribution in [2.75, 3.05) is 33.9 Å². The van der Waals surface area contributed by atoms with E-state index in [-0.39, 0.29) is 23.4 Å². The Morgan fingerprint density at radius 3 is 2.53 bits per heavy atom. The van der Waals surface area contributed by atoms with E-state index in [2.05, 4.69) is 15.9 Å². The topological polar surface area (TPSA) is 38.8 Å². The number of alkyl halides is 1. The predicted octanol–water partition coefficient (Wildman–Crippen LogP) is 1.28. The van der Waals surface area contributed by atoms with Crippen LogP contribution >= 0.6 is 15.9 Å². The van der Waals surface area contributed by atoms with Crippen LogP contribution in [0.1, 0.15) is 13.8 Å². The van der Waals surface area contributed by atoms with E-state index in [1.807, 2.05) is 13.8 Å². The molecular weight excluding hydrogens is 262 g/mol. The van der Waals surface area contributed by atoms with Gasteiger partial charge in [0, 0.05) is 20.7 Å². The van der Waals surface area contributed by atoms with E-state index in [9.17, 15) is 4.79 Å². The van der Waals surface area contributed by atoms with Gasteiger partial charge >= 0.3 is 0 Å². The first kappa shape index (κ1) is 14.9. The smallest absolute Gasteiger partial charge is 0.248 e. The first-order chi connectivity index (χ1) is 6.97. The van der Waals surface area contributed by atoms with Gasteiger partial charge < -0.3 is 14.4 Å². The minimum absolute atomic E-state index is 0.00995. The molecule has 0 heterocycles. The molecule has 1 unspecified atom stereocenters. The number of halogens is 1. The van der Waals surface area contributed by atoms with Crippen molar-refractivity contribution in [3.05, 3.63) is 0 Å². The van der Waals surface area contributed by atoms with Gasteiger partial charge in [-0.15, -0.1) is 0 Å². The molecule has 0 aromatic heterocycles. The quantitative estimate of drug-likeness (QED) is 0.660. The number of likely N-dealkylation sites (N-methyl/N-ethyl adjacent to an activating group) is 1. The van der Waals surface area contributed by atoms with Crippen molar-refractivity contribution in [1.29, 1.82) is 0 Å². The van der Waals surface area contributed by atoms with E-state index < -0.39 is 0 Å². The number of carbonyl (C=O) groups is 1. The molecule has 0 aliphatic carbocycles. The van der Waals surface area contributed by atoms with Gasteiger partial charge in [0.05, 0.1) is 17.5 Å². The summed E-state index contributed by atoms with van der Waals surface area (Å²) < 4.78 is 10.2. The summed E-state index contributed by atoms with van der Waals surface area (Å²) in [5.74, 6) is -0.00995. The lowest BCUT2D eigenvalue weighted by Crippen LogP contribution is -2.36. The van der Waals surface area contributed by atoms with Crippen molar-refractivity contribution in [2.45, 2.75) is 24.8 Å². The van der Waals surface area contributed by atoms with E-state index in [1.54, 1.807) is 19.1 Å². The number of rotatable bonds is 7. The van der Waals surface area contributed by atoms with Crippen LogP contribution in [0.4, 0.5) is 0 Å². The zero-order valence-corrected chi connectivity index (χ0v) is 11.4. The molecule has 4 nitrogen and oxygen atoms in total. The number of hydrogen-bond donors (Lipinski definition) is 0. The van der Waals surface area contributed by atoms with Crippen LogP contribution in [0.5, 0.6) is 0 Å². The largest absolute Gasteiger partial charge is 0.383 e. The first-order valence-electron chi connectivity index (χ1n) is 4.96. The van der Waals surface area contributed by atoms with Gasteiger partial charge in [-0.1, -0.05) is 15.9 Å². The maximum atomic E-state index is 11.5. The maximum Gasteiger partial charge on any atom is 0.248 e. The summed E-state index contributed by atoms with van der Waals surface area (Å²) in [6.45, 7) is 5.16. The van der Waals surface area contributed by atoms with E-state index in [0.717, 1.165) is 0 Å². The highest BCUT2D eigenvalue weighted by molar-refractivity contribution is 9.09. The Kier molecular flexibility index (Phi) is 8.00. The lowest BCUT2D eigenvalue weighted by molar-refractivity contribution is -0.136. The Hall–Kier alpha value is -0.130. The molecule has 90 valence electrons. The van der Waals surface area contributed by atoms with Crippen LogP contribution in [-0.4, -0.2) is 55.7 Å². The number of amides is 1. The Bertz CT molecular complexity index is 188. The zero-order chi connectivity index (χ0) is 11.8. The van der Waals surface area contributed by atoms with Crippen molar-refractivity contribution < 1.29 is 14.3 Å². The molecule has 0 aliphatic heterocycles. The molecule has 0 radical (unpaired) electrons. The third kappa shape index (κ3) is 7.76. The normalized spacial score (nSPS) is 12.9. The Labute approximate surface area is 100 Å². The second-order valence-electron chi connectivity index (χ2n) is 3.69. The van der Waals surface area contributed by atoms with Crippen LogP contribution < -0.4 is 0 Å². The molecule has 0 aliphatic rings. The standard InChI is InChI=1S/C10H20BrNO3/c1-8(2)15-7-10(13)12(3)5-9(11)6-14-4/h8-9H,5-7H2,1-4H3. The van der Waals surface area contributed by atoms with E-state index in [0.29, 0.717) is 13.2 Å². The van der Waals surface area contributed by atoms with Gasteiger partial charge in [0.25, 0.3) is 0 Å². The molecule has 0 bridgehead atoms. The molecule has 1 amide bonds.